The third kappa shape index (κ3) is 5.08. The molecule has 1 aromatic rings. The molecule has 130 valence electrons. The van der Waals surface area contributed by atoms with E-state index >= 15 is 0 Å². The topological polar surface area (TPSA) is 84.5 Å². The molecule has 6 nitrogen and oxygen atoms in total. The zero-order chi connectivity index (χ0) is 17.5. The van der Waals surface area contributed by atoms with Gasteiger partial charge in [0.25, 0.3) is 5.91 Å². The van der Waals surface area contributed by atoms with Crippen molar-refractivity contribution in [3.8, 4) is 0 Å². The first-order valence-corrected chi connectivity index (χ1v) is 8.31. The lowest BCUT2D eigenvalue weighted by Crippen LogP contribution is -2.38. The van der Waals surface area contributed by atoms with E-state index in [4.69, 9.17) is 4.74 Å². The number of esters is 1. The van der Waals surface area contributed by atoms with Crippen LogP contribution < -0.4 is 10.6 Å². The Morgan fingerprint density at radius 3 is 2.54 bits per heavy atom. The summed E-state index contributed by atoms with van der Waals surface area (Å²) in [5.74, 6) is -1.10. The van der Waals surface area contributed by atoms with Crippen LogP contribution in [-0.2, 0) is 14.3 Å². The van der Waals surface area contributed by atoms with Crippen molar-refractivity contribution in [1.29, 1.82) is 0 Å². The van der Waals surface area contributed by atoms with Crippen LogP contribution in [-0.4, -0.2) is 24.5 Å². The molecular formula is C18H24N2O4. The van der Waals surface area contributed by atoms with E-state index in [0.717, 1.165) is 43.2 Å². The molecule has 1 aromatic carbocycles. The molecule has 0 spiro atoms. The molecule has 0 atom stereocenters. The summed E-state index contributed by atoms with van der Waals surface area (Å²) in [5, 5.41) is 4.79. The normalized spacial score (nSPS) is 14.8. The second kappa shape index (κ2) is 8.47. The molecule has 1 aliphatic carbocycles. The van der Waals surface area contributed by atoms with E-state index in [9.17, 15) is 14.4 Å². The molecule has 1 fully saturated rings. The van der Waals surface area contributed by atoms with Crippen LogP contribution >= 0.6 is 0 Å². The van der Waals surface area contributed by atoms with Gasteiger partial charge in [-0.1, -0.05) is 31.4 Å². The molecule has 0 bridgehead atoms. The van der Waals surface area contributed by atoms with E-state index in [1.807, 2.05) is 26.0 Å². The van der Waals surface area contributed by atoms with Crippen molar-refractivity contribution < 1.29 is 19.1 Å². The molecule has 0 heterocycles. The fraction of sp³-hybridized carbons (Fsp3) is 0.500. The quantitative estimate of drug-likeness (QED) is 0.830. The highest BCUT2D eigenvalue weighted by Gasteiger charge is 2.23. The summed E-state index contributed by atoms with van der Waals surface area (Å²) in [7, 11) is 0. The fourth-order valence-electron chi connectivity index (χ4n) is 2.80. The number of benzene rings is 1. The molecule has 2 rings (SSSR count). The summed E-state index contributed by atoms with van der Waals surface area (Å²) >= 11 is 0. The lowest BCUT2D eigenvalue weighted by atomic mass is 9.89. The number of amides is 3. The minimum absolute atomic E-state index is 0.115. The molecule has 0 aliphatic heterocycles. The van der Waals surface area contributed by atoms with Crippen molar-refractivity contribution in [2.45, 2.75) is 46.0 Å². The molecule has 0 radical (unpaired) electrons. The van der Waals surface area contributed by atoms with Crippen molar-refractivity contribution >= 4 is 23.6 Å². The van der Waals surface area contributed by atoms with Crippen molar-refractivity contribution in [3.05, 3.63) is 29.3 Å². The van der Waals surface area contributed by atoms with Gasteiger partial charge in [0.15, 0.2) is 6.61 Å². The smallest absolute Gasteiger partial charge is 0.325 e. The Bertz CT molecular complexity index is 621. The number of carbonyl (C=O) groups excluding carboxylic acids is 3. The van der Waals surface area contributed by atoms with Crippen molar-refractivity contribution in [2.75, 3.05) is 11.9 Å². The number of nitrogens with one attached hydrogen (secondary N) is 2. The van der Waals surface area contributed by atoms with Gasteiger partial charge in [-0.15, -0.1) is 0 Å². The first-order chi connectivity index (χ1) is 11.5. The number of urea groups is 1. The number of anilines is 1. The van der Waals surface area contributed by atoms with Gasteiger partial charge in [0, 0.05) is 5.69 Å². The summed E-state index contributed by atoms with van der Waals surface area (Å²) in [5.41, 5.74) is 2.61. The lowest BCUT2D eigenvalue weighted by Gasteiger charge is -2.19. The minimum Gasteiger partial charge on any atom is -0.455 e. The molecular weight excluding hydrogens is 308 g/mol. The van der Waals surface area contributed by atoms with Gasteiger partial charge in [-0.3, -0.25) is 14.9 Å². The van der Waals surface area contributed by atoms with Crippen LogP contribution in [0.4, 0.5) is 10.5 Å². The number of rotatable bonds is 4. The molecule has 3 amide bonds. The maximum Gasteiger partial charge on any atom is 0.325 e. The van der Waals surface area contributed by atoms with E-state index in [-0.39, 0.29) is 11.9 Å². The predicted molar refractivity (Wildman–Crippen MR) is 90.6 cm³/mol. The highest BCUT2D eigenvalue weighted by Crippen LogP contribution is 2.24. The summed E-state index contributed by atoms with van der Waals surface area (Å²) in [4.78, 5) is 35.4. The molecule has 24 heavy (non-hydrogen) atoms. The van der Waals surface area contributed by atoms with Crippen molar-refractivity contribution in [2.24, 2.45) is 5.92 Å². The highest BCUT2D eigenvalue weighted by molar-refractivity contribution is 6.02. The second-order valence-corrected chi connectivity index (χ2v) is 6.19. The van der Waals surface area contributed by atoms with Crippen LogP contribution in [0, 0.1) is 19.8 Å². The standard InChI is InChI=1S/C18H24N2O4/c1-12-7-6-10-15(13(12)2)19-18(23)20-16(21)11-24-17(22)14-8-4-3-5-9-14/h6-7,10,14H,3-5,8-9,11H2,1-2H3,(H2,19,20,21,23). The van der Waals surface area contributed by atoms with Crippen molar-refractivity contribution in [1.82, 2.24) is 5.32 Å². The third-order valence-electron chi connectivity index (χ3n) is 4.39. The largest absolute Gasteiger partial charge is 0.455 e. The maximum atomic E-state index is 11.9. The Balaban J connectivity index is 1.76. The number of ether oxygens (including phenoxy) is 1. The first kappa shape index (κ1) is 18.0. The summed E-state index contributed by atoms with van der Waals surface area (Å²) < 4.78 is 5.01. The molecule has 6 heteroatoms. The Morgan fingerprint density at radius 2 is 1.83 bits per heavy atom. The van der Waals surface area contributed by atoms with Crippen LogP contribution in [0.15, 0.2) is 18.2 Å². The van der Waals surface area contributed by atoms with Gasteiger partial charge in [0.05, 0.1) is 5.92 Å². The number of aryl methyl sites for hydroxylation is 1. The van der Waals surface area contributed by atoms with Crippen LogP contribution in [0.3, 0.4) is 0 Å². The Labute approximate surface area is 142 Å². The monoisotopic (exact) mass is 332 g/mol. The lowest BCUT2D eigenvalue weighted by molar-refractivity contribution is -0.153. The summed E-state index contributed by atoms with van der Waals surface area (Å²) in [6.07, 6.45) is 4.80. The summed E-state index contributed by atoms with van der Waals surface area (Å²) in [6, 6.07) is 4.89. The molecule has 0 unspecified atom stereocenters. The Morgan fingerprint density at radius 1 is 1.12 bits per heavy atom. The van der Waals surface area contributed by atoms with Gasteiger partial charge in [-0.25, -0.2) is 4.79 Å². The molecule has 0 saturated heterocycles. The first-order valence-electron chi connectivity index (χ1n) is 8.31. The van der Waals surface area contributed by atoms with E-state index in [2.05, 4.69) is 10.6 Å². The minimum atomic E-state index is -0.637. The van der Waals surface area contributed by atoms with E-state index in [1.165, 1.54) is 0 Å². The zero-order valence-electron chi connectivity index (χ0n) is 14.2. The average Bonchev–Trinajstić information content (AvgIpc) is 2.57. The molecule has 0 aromatic heterocycles. The molecule has 2 N–H and O–H groups in total. The van der Waals surface area contributed by atoms with Crippen molar-refractivity contribution in [3.63, 3.8) is 0 Å². The Kier molecular flexibility index (Phi) is 6.35. The maximum absolute atomic E-state index is 11.9. The van der Waals surface area contributed by atoms with Gasteiger partial charge in [-0.05, 0) is 43.9 Å². The predicted octanol–water partition coefficient (Wildman–Crippen LogP) is 3.08. The zero-order valence-corrected chi connectivity index (χ0v) is 14.2. The van der Waals surface area contributed by atoms with Crippen LogP contribution in [0.1, 0.15) is 43.2 Å². The van der Waals surface area contributed by atoms with Crippen LogP contribution in [0.25, 0.3) is 0 Å². The van der Waals surface area contributed by atoms with Gasteiger partial charge < -0.3 is 10.1 Å². The summed E-state index contributed by atoms with van der Waals surface area (Å²) in [6.45, 7) is 3.39. The van der Waals surface area contributed by atoms with E-state index in [0.29, 0.717) is 5.69 Å². The van der Waals surface area contributed by atoms with Gasteiger partial charge in [0.1, 0.15) is 0 Å². The number of hydrogen-bond acceptors (Lipinski definition) is 4. The highest BCUT2D eigenvalue weighted by atomic mass is 16.5. The van der Waals surface area contributed by atoms with Gasteiger partial charge in [-0.2, -0.15) is 0 Å². The second-order valence-electron chi connectivity index (χ2n) is 6.19. The number of hydrogen-bond donors (Lipinski definition) is 2. The molecule has 1 aliphatic rings. The number of imide groups is 1. The third-order valence-corrected chi connectivity index (χ3v) is 4.39. The Hall–Kier alpha value is -2.37. The van der Waals surface area contributed by atoms with E-state index < -0.39 is 18.5 Å². The average molecular weight is 332 g/mol. The fourth-order valence-corrected chi connectivity index (χ4v) is 2.80. The number of carbonyl (C=O) groups is 3. The molecule has 1 saturated carbocycles. The SMILES string of the molecule is Cc1cccc(NC(=O)NC(=O)COC(=O)C2CCCCC2)c1C. The van der Waals surface area contributed by atoms with Crippen LogP contribution in [0.5, 0.6) is 0 Å². The van der Waals surface area contributed by atoms with Gasteiger partial charge >= 0.3 is 12.0 Å². The van der Waals surface area contributed by atoms with Gasteiger partial charge in [0.2, 0.25) is 0 Å². The van der Waals surface area contributed by atoms with E-state index in [1.54, 1.807) is 6.07 Å². The van der Waals surface area contributed by atoms with Crippen LogP contribution in [0.2, 0.25) is 0 Å².